The summed E-state index contributed by atoms with van der Waals surface area (Å²) in [4.78, 5) is 0. The average molecular weight is 236 g/mol. The molecule has 2 aromatic carbocycles. The summed E-state index contributed by atoms with van der Waals surface area (Å²) in [7, 11) is 0. The highest BCUT2D eigenvalue weighted by Gasteiger charge is 2.06. The van der Waals surface area contributed by atoms with E-state index in [1.165, 1.54) is 22.2 Å². The van der Waals surface area contributed by atoms with Crippen LogP contribution in [0.15, 0.2) is 48.5 Å². The van der Waals surface area contributed by atoms with Gasteiger partial charge in [-0.2, -0.15) is 5.10 Å². The smallest absolute Gasteiger partial charge is 0.0924 e. The standard InChI is InChI=1S/C16H16N2/c1-2-12-8-9-15-14(10-12)16(18-17-15)11-13-6-4-3-5-7-13/h3-10H,2,11H2,1H3,(H,17,18). The Labute approximate surface area is 107 Å². The van der Waals surface area contributed by atoms with Gasteiger partial charge in [-0.3, -0.25) is 5.10 Å². The van der Waals surface area contributed by atoms with Gasteiger partial charge in [0.2, 0.25) is 0 Å². The second-order valence-electron chi connectivity index (χ2n) is 4.57. The molecule has 90 valence electrons. The Morgan fingerprint density at radius 2 is 1.83 bits per heavy atom. The molecule has 1 aromatic heterocycles. The fourth-order valence-electron chi connectivity index (χ4n) is 2.26. The first-order chi connectivity index (χ1) is 8.86. The lowest BCUT2D eigenvalue weighted by atomic mass is 10.0. The molecule has 0 bridgehead atoms. The van der Waals surface area contributed by atoms with Crippen molar-refractivity contribution in [3.8, 4) is 0 Å². The molecule has 18 heavy (non-hydrogen) atoms. The number of nitrogens with one attached hydrogen (secondary N) is 1. The Kier molecular flexibility index (Phi) is 2.85. The van der Waals surface area contributed by atoms with Crippen molar-refractivity contribution in [2.24, 2.45) is 0 Å². The van der Waals surface area contributed by atoms with Crippen molar-refractivity contribution in [1.82, 2.24) is 10.2 Å². The number of fused-ring (bicyclic) bond motifs is 1. The van der Waals surface area contributed by atoms with E-state index >= 15 is 0 Å². The van der Waals surface area contributed by atoms with Crippen LogP contribution >= 0.6 is 0 Å². The van der Waals surface area contributed by atoms with E-state index in [-0.39, 0.29) is 0 Å². The Morgan fingerprint density at radius 3 is 2.61 bits per heavy atom. The molecule has 3 rings (SSSR count). The number of hydrogen-bond donors (Lipinski definition) is 1. The Morgan fingerprint density at radius 1 is 1.00 bits per heavy atom. The van der Waals surface area contributed by atoms with Crippen molar-refractivity contribution >= 4 is 10.9 Å². The molecule has 0 fully saturated rings. The fourth-order valence-corrected chi connectivity index (χ4v) is 2.26. The Hall–Kier alpha value is -2.09. The zero-order chi connectivity index (χ0) is 12.4. The molecule has 0 unspecified atom stereocenters. The topological polar surface area (TPSA) is 28.7 Å². The molecule has 3 aromatic rings. The van der Waals surface area contributed by atoms with Crippen LogP contribution in [-0.4, -0.2) is 10.2 Å². The van der Waals surface area contributed by atoms with Gasteiger partial charge in [-0.15, -0.1) is 0 Å². The van der Waals surface area contributed by atoms with E-state index in [2.05, 4.69) is 59.6 Å². The van der Waals surface area contributed by atoms with Crippen LogP contribution in [0.3, 0.4) is 0 Å². The molecule has 0 aliphatic rings. The van der Waals surface area contributed by atoms with Gasteiger partial charge >= 0.3 is 0 Å². The third-order valence-corrected chi connectivity index (χ3v) is 3.33. The molecule has 0 atom stereocenters. The van der Waals surface area contributed by atoms with E-state index in [4.69, 9.17) is 0 Å². The monoisotopic (exact) mass is 236 g/mol. The maximum Gasteiger partial charge on any atom is 0.0924 e. The lowest BCUT2D eigenvalue weighted by Gasteiger charge is -2.01. The normalized spacial score (nSPS) is 10.9. The van der Waals surface area contributed by atoms with Gasteiger partial charge in [-0.1, -0.05) is 43.3 Å². The average Bonchev–Trinajstić information content (AvgIpc) is 2.82. The summed E-state index contributed by atoms with van der Waals surface area (Å²) < 4.78 is 0. The predicted octanol–water partition coefficient (Wildman–Crippen LogP) is 3.72. The minimum absolute atomic E-state index is 0.907. The number of aromatic nitrogens is 2. The summed E-state index contributed by atoms with van der Waals surface area (Å²) in [6.07, 6.45) is 1.97. The van der Waals surface area contributed by atoms with Crippen molar-refractivity contribution < 1.29 is 0 Å². The first-order valence-electron chi connectivity index (χ1n) is 6.36. The summed E-state index contributed by atoms with van der Waals surface area (Å²) in [5.74, 6) is 0. The van der Waals surface area contributed by atoms with Gasteiger partial charge in [0.05, 0.1) is 5.52 Å². The molecule has 0 aliphatic heterocycles. The van der Waals surface area contributed by atoms with E-state index in [0.29, 0.717) is 0 Å². The minimum atomic E-state index is 0.907. The number of H-pyrrole nitrogens is 1. The molecule has 0 spiro atoms. The van der Waals surface area contributed by atoms with Gasteiger partial charge in [-0.25, -0.2) is 0 Å². The molecule has 2 heteroatoms. The zero-order valence-corrected chi connectivity index (χ0v) is 10.5. The van der Waals surface area contributed by atoms with Crippen LogP contribution in [0.5, 0.6) is 0 Å². The van der Waals surface area contributed by atoms with Gasteiger partial charge in [0.25, 0.3) is 0 Å². The minimum Gasteiger partial charge on any atom is -0.281 e. The van der Waals surface area contributed by atoms with Crippen LogP contribution in [0.4, 0.5) is 0 Å². The SMILES string of the molecule is CCc1ccc2n[nH]c(Cc3ccccc3)c2c1. The van der Waals surface area contributed by atoms with Gasteiger partial charge in [-0.05, 0) is 29.7 Å². The Bertz CT molecular complexity index is 653. The van der Waals surface area contributed by atoms with Crippen LogP contribution in [0.2, 0.25) is 0 Å². The van der Waals surface area contributed by atoms with E-state index in [0.717, 1.165) is 18.4 Å². The van der Waals surface area contributed by atoms with Crippen LogP contribution in [0.1, 0.15) is 23.7 Å². The number of benzene rings is 2. The number of hydrogen-bond acceptors (Lipinski definition) is 1. The highest BCUT2D eigenvalue weighted by Crippen LogP contribution is 2.20. The molecule has 1 N–H and O–H groups in total. The summed E-state index contributed by atoms with van der Waals surface area (Å²) >= 11 is 0. The third kappa shape index (κ3) is 2.02. The molecular formula is C16H16N2. The van der Waals surface area contributed by atoms with Crippen LogP contribution < -0.4 is 0 Å². The molecular weight excluding hydrogens is 220 g/mol. The van der Waals surface area contributed by atoms with E-state index in [1.54, 1.807) is 0 Å². The van der Waals surface area contributed by atoms with E-state index in [1.807, 2.05) is 6.07 Å². The van der Waals surface area contributed by atoms with Gasteiger partial charge in [0.1, 0.15) is 0 Å². The van der Waals surface area contributed by atoms with Crippen molar-refractivity contribution in [3.05, 3.63) is 65.4 Å². The van der Waals surface area contributed by atoms with E-state index in [9.17, 15) is 0 Å². The summed E-state index contributed by atoms with van der Waals surface area (Å²) in [6, 6.07) is 17.0. The highest BCUT2D eigenvalue weighted by molar-refractivity contribution is 5.82. The first kappa shape index (κ1) is 11.0. The maximum atomic E-state index is 4.37. The third-order valence-electron chi connectivity index (χ3n) is 3.33. The highest BCUT2D eigenvalue weighted by atomic mass is 15.1. The van der Waals surface area contributed by atoms with Crippen LogP contribution in [0.25, 0.3) is 10.9 Å². The molecule has 0 aliphatic carbocycles. The number of rotatable bonds is 3. The van der Waals surface area contributed by atoms with E-state index < -0.39 is 0 Å². The van der Waals surface area contributed by atoms with Crippen molar-refractivity contribution in [2.75, 3.05) is 0 Å². The van der Waals surface area contributed by atoms with Crippen molar-refractivity contribution in [2.45, 2.75) is 19.8 Å². The summed E-state index contributed by atoms with van der Waals surface area (Å²) in [6.45, 7) is 2.18. The zero-order valence-electron chi connectivity index (χ0n) is 10.5. The number of nitrogens with zero attached hydrogens (tertiary/aromatic N) is 1. The number of aromatic amines is 1. The molecule has 0 saturated heterocycles. The molecule has 0 saturated carbocycles. The fraction of sp³-hybridized carbons (Fsp3) is 0.188. The molecule has 1 heterocycles. The van der Waals surface area contributed by atoms with Crippen molar-refractivity contribution in [1.29, 1.82) is 0 Å². The lowest BCUT2D eigenvalue weighted by Crippen LogP contribution is -1.89. The van der Waals surface area contributed by atoms with Gasteiger partial charge in [0.15, 0.2) is 0 Å². The van der Waals surface area contributed by atoms with Crippen LogP contribution in [-0.2, 0) is 12.8 Å². The second kappa shape index (κ2) is 4.65. The summed E-state index contributed by atoms with van der Waals surface area (Å²) in [5.41, 5.74) is 4.92. The molecule has 0 amide bonds. The van der Waals surface area contributed by atoms with Crippen molar-refractivity contribution in [3.63, 3.8) is 0 Å². The largest absolute Gasteiger partial charge is 0.281 e. The first-order valence-corrected chi connectivity index (χ1v) is 6.36. The lowest BCUT2D eigenvalue weighted by molar-refractivity contribution is 1.01. The predicted molar refractivity (Wildman–Crippen MR) is 74.7 cm³/mol. The van der Waals surface area contributed by atoms with Gasteiger partial charge < -0.3 is 0 Å². The maximum absolute atomic E-state index is 4.37. The Balaban J connectivity index is 2.01. The molecule has 0 radical (unpaired) electrons. The van der Waals surface area contributed by atoms with Crippen LogP contribution in [0, 0.1) is 0 Å². The molecule has 2 nitrogen and oxygen atoms in total. The second-order valence-corrected chi connectivity index (χ2v) is 4.57. The quantitative estimate of drug-likeness (QED) is 0.737. The summed E-state index contributed by atoms with van der Waals surface area (Å²) in [5, 5.41) is 8.78. The van der Waals surface area contributed by atoms with Gasteiger partial charge in [0, 0.05) is 17.5 Å². The number of aryl methyl sites for hydroxylation is 1.